The van der Waals surface area contributed by atoms with Gasteiger partial charge >= 0.3 is 0 Å². The summed E-state index contributed by atoms with van der Waals surface area (Å²) in [6, 6.07) is 9.44. The average Bonchev–Trinajstić information content (AvgIpc) is 3.15. The van der Waals surface area contributed by atoms with Gasteiger partial charge < -0.3 is 5.32 Å². The van der Waals surface area contributed by atoms with Crippen molar-refractivity contribution in [3.8, 4) is 0 Å². The van der Waals surface area contributed by atoms with Crippen molar-refractivity contribution in [1.29, 1.82) is 0 Å². The molecule has 2 heterocycles. The topological polar surface area (TPSA) is 67.8 Å². The third-order valence-electron chi connectivity index (χ3n) is 2.82. The molecule has 1 aromatic carbocycles. The molecule has 5 nitrogen and oxygen atoms in total. The highest BCUT2D eigenvalue weighted by atomic mass is 32.2. The Morgan fingerprint density at radius 3 is 2.83 bits per heavy atom. The van der Waals surface area contributed by atoms with Gasteiger partial charge in [0.2, 0.25) is 5.91 Å². The Morgan fingerprint density at radius 2 is 2.09 bits per heavy atom. The standard InChI is InChI=1S/C15H14N4OS3/c1-10-18-19-15(23-10)22-9-12-8-21-14(17-12)7-13(20)16-11-5-3-2-4-6-11/h2-6,8H,7,9H2,1H3,(H,16,20). The van der Waals surface area contributed by atoms with E-state index >= 15 is 0 Å². The van der Waals surface area contributed by atoms with Gasteiger partial charge in [0.25, 0.3) is 0 Å². The molecule has 0 fully saturated rings. The zero-order chi connectivity index (χ0) is 16.1. The summed E-state index contributed by atoms with van der Waals surface area (Å²) in [6.45, 7) is 1.94. The summed E-state index contributed by atoms with van der Waals surface area (Å²) < 4.78 is 0.943. The molecule has 0 aliphatic rings. The fourth-order valence-corrected chi connectivity index (χ4v) is 4.44. The second-order valence-electron chi connectivity index (χ2n) is 4.70. The molecule has 1 amide bonds. The molecule has 0 atom stereocenters. The van der Waals surface area contributed by atoms with E-state index in [4.69, 9.17) is 0 Å². The number of thiazole rings is 1. The fraction of sp³-hybridized carbons (Fsp3) is 0.200. The molecule has 0 saturated heterocycles. The van der Waals surface area contributed by atoms with Crippen LogP contribution in [0, 0.1) is 6.92 Å². The van der Waals surface area contributed by atoms with Crippen LogP contribution in [0.15, 0.2) is 40.1 Å². The predicted octanol–water partition coefficient (Wildman–Crippen LogP) is 3.78. The summed E-state index contributed by atoms with van der Waals surface area (Å²) in [4.78, 5) is 16.5. The summed E-state index contributed by atoms with van der Waals surface area (Å²) in [7, 11) is 0. The summed E-state index contributed by atoms with van der Waals surface area (Å²) in [5.74, 6) is 0.690. The van der Waals surface area contributed by atoms with Crippen molar-refractivity contribution >= 4 is 46.0 Å². The SMILES string of the molecule is Cc1nnc(SCc2csc(CC(=O)Nc3ccccc3)n2)s1. The third-order valence-corrected chi connectivity index (χ3v) is 5.72. The number of amides is 1. The zero-order valence-electron chi connectivity index (χ0n) is 12.4. The van der Waals surface area contributed by atoms with Gasteiger partial charge in [-0.2, -0.15) is 0 Å². The first kappa shape index (κ1) is 16.1. The first-order valence-electron chi connectivity index (χ1n) is 6.90. The molecule has 8 heteroatoms. The molecule has 0 spiro atoms. The van der Waals surface area contributed by atoms with E-state index in [0.29, 0.717) is 6.42 Å². The van der Waals surface area contributed by atoms with E-state index in [1.165, 1.54) is 11.3 Å². The normalized spacial score (nSPS) is 10.7. The minimum absolute atomic E-state index is 0.0514. The quantitative estimate of drug-likeness (QED) is 0.676. The smallest absolute Gasteiger partial charge is 0.231 e. The number of hydrogen-bond donors (Lipinski definition) is 1. The van der Waals surface area contributed by atoms with Crippen LogP contribution in [0.5, 0.6) is 0 Å². The second kappa shape index (κ2) is 7.67. The monoisotopic (exact) mass is 362 g/mol. The van der Waals surface area contributed by atoms with Gasteiger partial charge in [0.15, 0.2) is 4.34 Å². The maximum Gasteiger partial charge on any atom is 0.231 e. The molecule has 0 bridgehead atoms. The lowest BCUT2D eigenvalue weighted by Crippen LogP contribution is -2.14. The molecule has 3 rings (SSSR count). The minimum atomic E-state index is -0.0514. The fourth-order valence-electron chi connectivity index (χ4n) is 1.83. The van der Waals surface area contributed by atoms with Crippen LogP contribution in [0.4, 0.5) is 5.69 Å². The van der Waals surface area contributed by atoms with Crippen molar-refractivity contribution in [3.05, 3.63) is 51.4 Å². The first-order chi connectivity index (χ1) is 11.2. The van der Waals surface area contributed by atoms with Crippen LogP contribution in [0.2, 0.25) is 0 Å². The van der Waals surface area contributed by atoms with Gasteiger partial charge in [0.05, 0.1) is 12.1 Å². The summed E-state index contributed by atoms with van der Waals surface area (Å²) in [5.41, 5.74) is 1.77. The highest BCUT2D eigenvalue weighted by Gasteiger charge is 2.09. The number of thioether (sulfide) groups is 1. The van der Waals surface area contributed by atoms with E-state index in [-0.39, 0.29) is 5.91 Å². The number of benzene rings is 1. The molecule has 23 heavy (non-hydrogen) atoms. The molecule has 3 aromatic rings. The van der Waals surface area contributed by atoms with Crippen molar-refractivity contribution in [2.75, 3.05) is 5.32 Å². The van der Waals surface area contributed by atoms with Crippen LogP contribution in [0.3, 0.4) is 0 Å². The number of para-hydroxylation sites is 1. The van der Waals surface area contributed by atoms with Crippen LogP contribution in [0.25, 0.3) is 0 Å². The largest absolute Gasteiger partial charge is 0.326 e. The molecule has 0 unspecified atom stereocenters. The lowest BCUT2D eigenvalue weighted by Gasteiger charge is -2.02. The molecule has 0 radical (unpaired) electrons. The molecular weight excluding hydrogens is 348 g/mol. The first-order valence-corrected chi connectivity index (χ1v) is 9.58. The Labute approximate surface area is 146 Å². The van der Waals surface area contributed by atoms with E-state index in [2.05, 4.69) is 20.5 Å². The lowest BCUT2D eigenvalue weighted by atomic mass is 10.3. The Hall–Kier alpha value is -1.77. The van der Waals surface area contributed by atoms with Gasteiger partial charge in [0.1, 0.15) is 10.0 Å². The van der Waals surface area contributed by atoms with Gasteiger partial charge in [-0.15, -0.1) is 21.5 Å². The van der Waals surface area contributed by atoms with Gasteiger partial charge in [-0.1, -0.05) is 41.3 Å². The summed E-state index contributed by atoms with van der Waals surface area (Å²) in [5, 5.41) is 14.7. The Balaban J connectivity index is 1.51. The Kier molecular flexibility index (Phi) is 5.37. The van der Waals surface area contributed by atoms with E-state index in [9.17, 15) is 4.79 Å². The maximum absolute atomic E-state index is 12.0. The summed E-state index contributed by atoms with van der Waals surface area (Å²) >= 11 is 4.71. The predicted molar refractivity (Wildman–Crippen MR) is 95.1 cm³/mol. The minimum Gasteiger partial charge on any atom is -0.326 e. The molecule has 0 aliphatic heterocycles. The van der Waals surface area contributed by atoms with Crippen molar-refractivity contribution in [2.24, 2.45) is 0 Å². The van der Waals surface area contributed by atoms with E-state index in [1.807, 2.05) is 42.6 Å². The Bertz CT molecular complexity index is 785. The van der Waals surface area contributed by atoms with Crippen molar-refractivity contribution in [1.82, 2.24) is 15.2 Å². The molecule has 1 N–H and O–H groups in total. The summed E-state index contributed by atoms with van der Waals surface area (Å²) in [6.07, 6.45) is 0.294. The zero-order valence-corrected chi connectivity index (χ0v) is 14.8. The highest BCUT2D eigenvalue weighted by Crippen LogP contribution is 2.26. The number of aromatic nitrogens is 3. The van der Waals surface area contributed by atoms with Crippen LogP contribution in [-0.2, 0) is 17.0 Å². The Morgan fingerprint density at radius 1 is 1.26 bits per heavy atom. The van der Waals surface area contributed by atoms with E-state index < -0.39 is 0 Å². The second-order valence-corrected chi connectivity index (χ2v) is 8.05. The number of hydrogen-bond acceptors (Lipinski definition) is 7. The van der Waals surface area contributed by atoms with Crippen LogP contribution in [-0.4, -0.2) is 21.1 Å². The number of nitrogens with zero attached hydrogens (tertiary/aromatic N) is 3. The van der Waals surface area contributed by atoms with Crippen LogP contribution >= 0.6 is 34.4 Å². The highest BCUT2D eigenvalue weighted by molar-refractivity contribution is 8.00. The molecule has 2 aromatic heterocycles. The molecule has 0 saturated carbocycles. The number of rotatable bonds is 6. The molecular formula is C15H14N4OS3. The molecule has 0 aliphatic carbocycles. The number of anilines is 1. The third kappa shape index (κ3) is 4.85. The van der Waals surface area contributed by atoms with Crippen LogP contribution in [0.1, 0.15) is 15.7 Å². The molecule has 118 valence electrons. The number of nitrogens with one attached hydrogen (secondary N) is 1. The van der Waals surface area contributed by atoms with Gasteiger partial charge in [-0.3, -0.25) is 4.79 Å². The van der Waals surface area contributed by atoms with Crippen molar-refractivity contribution in [3.63, 3.8) is 0 Å². The van der Waals surface area contributed by atoms with E-state index in [0.717, 1.165) is 31.5 Å². The van der Waals surface area contributed by atoms with Crippen molar-refractivity contribution in [2.45, 2.75) is 23.4 Å². The number of aryl methyl sites for hydroxylation is 1. The van der Waals surface area contributed by atoms with Gasteiger partial charge in [-0.05, 0) is 19.1 Å². The van der Waals surface area contributed by atoms with Crippen LogP contribution < -0.4 is 5.32 Å². The van der Waals surface area contributed by atoms with E-state index in [1.54, 1.807) is 23.1 Å². The average molecular weight is 363 g/mol. The van der Waals surface area contributed by atoms with Gasteiger partial charge in [-0.25, -0.2) is 4.98 Å². The number of carbonyl (C=O) groups is 1. The van der Waals surface area contributed by atoms with Crippen molar-refractivity contribution < 1.29 is 4.79 Å². The maximum atomic E-state index is 12.0. The number of carbonyl (C=O) groups excluding carboxylic acids is 1. The lowest BCUT2D eigenvalue weighted by molar-refractivity contribution is -0.115. The van der Waals surface area contributed by atoms with Gasteiger partial charge in [0, 0.05) is 16.8 Å².